The van der Waals surface area contributed by atoms with E-state index in [9.17, 15) is 13.2 Å². The summed E-state index contributed by atoms with van der Waals surface area (Å²) in [6.45, 7) is 0.937. The second-order valence-electron chi connectivity index (χ2n) is 3.39. The SMILES string of the molecule is CCNc1nc(OCC(F)(F)F)c2[nH]cnc2n1. The number of aromatic amines is 1. The van der Waals surface area contributed by atoms with Crippen molar-refractivity contribution in [3.05, 3.63) is 6.33 Å². The van der Waals surface area contributed by atoms with E-state index in [1.165, 1.54) is 6.33 Å². The fourth-order valence-corrected chi connectivity index (χ4v) is 1.30. The van der Waals surface area contributed by atoms with Gasteiger partial charge in [0.25, 0.3) is 0 Å². The lowest BCUT2D eigenvalue weighted by atomic mass is 10.5. The second kappa shape index (κ2) is 4.67. The van der Waals surface area contributed by atoms with E-state index in [1.54, 1.807) is 0 Å². The number of rotatable bonds is 4. The van der Waals surface area contributed by atoms with E-state index in [1.807, 2.05) is 6.92 Å². The van der Waals surface area contributed by atoms with Crippen molar-refractivity contribution in [3.63, 3.8) is 0 Å². The summed E-state index contributed by atoms with van der Waals surface area (Å²) >= 11 is 0. The minimum Gasteiger partial charge on any atom is -0.466 e. The third-order valence-corrected chi connectivity index (χ3v) is 1.96. The number of imidazole rings is 1. The van der Waals surface area contributed by atoms with Crippen LogP contribution in [0.4, 0.5) is 19.1 Å². The Morgan fingerprint density at radius 3 is 2.83 bits per heavy atom. The third kappa shape index (κ3) is 2.79. The van der Waals surface area contributed by atoms with E-state index in [2.05, 4.69) is 30.0 Å². The molecule has 2 heterocycles. The summed E-state index contributed by atoms with van der Waals surface area (Å²) in [5.74, 6) is 0.0000458. The summed E-state index contributed by atoms with van der Waals surface area (Å²) < 4.78 is 41.0. The molecule has 0 bridgehead atoms. The van der Waals surface area contributed by atoms with Crippen LogP contribution in [0.15, 0.2) is 6.33 Å². The van der Waals surface area contributed by atoms with Gasteiger partial charge in [-0.05, 0) is 6.92 Å². The van der Waals surface area contributed by atoms with Gasteiger partial charge in [-0.15, -0.1) is 0 Å². The summed E-state index contributed by atoms with van der Waals surface area (Å²) in [7, 11) is 0. The highest BCUT2D eigenvalue weighted by atomic mass is 19.4. The number of ether oxygens (including phenoxy) is 1. The number of hydrogen-bond acceptors (Lipinski definition) is 5. The quantitative estimate of drug-likeness (QED) is 0.876. The molecule has 9 heteroatoms. The zero-order valence-electron chi connectivity index (χ0n) is 9.38. The Bertz CT molecular complexity index is 538. The van der Waals surface area contributed by atoms with Gasteiger partial charge in [0.05, 0.1) is 6.33 Å². The number of halogens is 3. The van der Waals surface area contributed by atoms with Crippen molar-refractivity contribution >= 4 is 17.1 Å². The van der Waals surface area contributed by atoms with E-state index in [0.717, 1.165) is 0 Å². The maximum absolute atomic E-state index is 12.1. The molecule has 0 aliphatic heterocycles. The minimum atomic E-state index is -4.42. The Kier molecular flexibility index (Phi) is 3.21. The number of nitrogens with one attached hydrogen (secondary N) is 2. The molecule has 0 saturated carbocycles. The molecule has 2 rings (SSSR count). The highest BCUT2D eigenvalue weighted by Gasteiger charge is 2.29. The van der Waals surface area contributed by atoms with E-state index in [-0.39, 0.29) is 23.0 Å². The minimum absolute atomic E-state index is 0.175. The zero-order chi connectivity index (χ0) is 13.2. The van der Waals surface area contributed by atoms with Crippen LogP contribution >= 0.6 is 0 Å². The molecule has 2 aromatic rings. The van der Waals surface area contributed by atoms with Crippen LogP contribution in [-0.4, -0.2) is 39.3 Å². The molecule has 0 amide bonds. The van der Waals surface area contributed by atoms with Gasteiger partial charge in [-0.2, -0.15) is 23.1 Å². The number of aromatic nitrogens is 4. The van der Waals surface area contributed by atoms with Gasteiger partial charge in [-0.3, -0.25) is 0 Å². The molecule has 98 valence electrons. The first-order valence-electron chi connectivity index (χ1n) is 5.14. The van der Waals surface area contributed by atoms with Gasteiger partial charge in [-0.1, -0.05) is 0 Å². The van der Waals surface area contributed by atoms with Crippen LogP contribution in [0.3, 0.4) is 0 Å². The average Bonchev–Trinajstić information content (AvgIpc) is 2.73. The average molecular weight is 261 g/mol. The normalized spacial score (nSPS) is 11.8. The van der Waals surface area contributed by atoms with E-state index < -0.39 is 12.8 Å². The number of hydrogen-bond donors (Lipinski definition) is 2. The van der Waals surface area contributed by atoms with Crippen molar-refractivity contribution < 1.29 is 17.9 Å². The van der Waals surface area contributed by atoms with E-state index >= 15 is 0 Å². The van der Waals surface area contributed by atoms with Crippen molar-refractivity contribution in [3.8, 4) is 5.88 Å². The number of H-pyrrole nitrogens is 1. The Morgan fingerprint density at radius 1 is 1.39 bits per heavy atom. The van der Waals surface area contributed by atoms with Crippen LogP contribution in [-0.2, 0) is 0 Å². The Labute approximate surface area is 99.6 Å². The van der Waals surface area contributed by atoms with Crippen LogP contribution in [0.5, 0.6) is 5.88 Å². The van der Waals surface area contributed by atoms with Crippen LogP contribution in [0.25, 0.3) is 11.2 Å². The molecule has 0 atom stereocenters. The molecule has 2 N–H and O–H groups in total. The number of alkyl halides is 3. The first-order chi connectivity index (χ1) is 8.49. The van der Waals surface area contributed by atoms with Crippen molar-refractivity contribution in [1.29, 1.82) is 0 Å². The van der Waals surface area contributed by atoms with Gasteiger partial charge in [0.2, 0.25) is 11.8 Å². The third-order valence-electron chi connectivity index (χ3n) is 1.96. The zero-order valence-corrected chi connectivity index (χ0v) is 9.38. The number of nitrogens with zero attached hydrogens (tertiary/aromatic N) is 3. The highest BCUT2D eigenvalue weighted by Crippen LogP contribution is 2.23. The molecule has 0 saturated heterocycles. The molecule has 18 heavy (non-hydrogen) atoms. The van der Waals surface area contributed by atoms with Gasteiger partial charge in [0, 0.05) is 6.54 Å². The maximum Gasteiger partial charge on any atom is 0.422 e. The summed E-state index contributed by atoms with van der Waals surface area (Å²) in [5.41, 5.74) is 0.485. The first kappa shape index (κ1) is 12.4. The van der Waals surface area contributed by atoms with Gasteiger partial charge >= 0.3 is 6.18 Å². The fourth-order valence-electron chi connectivity index (χ4n) is 1.30. The molecule has 0 aromatic carbocycles. The predicted octanol–water partition coefficient (Wildman–Crippen LogP) is 1.73. The van der Waals surface area contributed by atoms with E-state index in [4.69, 9.17) is 0 Å². The lowest BCUT2D eigenvalue weighted by molar-refractivity contribution is -0.153. The molecular weight excluding hydrogens is 251 g/mol. The highest BCUT2D eigenvalue weighted by molar-refractivity contribution is 5.76. The largest absolute Gasteiger partial charge is 0.466 e. The fraction of sp³-hybridized carbons (Fsp3) is 0.444. The Morgan fingerprint density at radius 2 is 2.17 bits per heavy atom. The first-order valence-corrected chi connectivity index (χ1v) is 5.14. The van der Waals surface area contributed by atoms with Crippen molar-refractivity contribution in [2.45, 2.75) is 13.1 Å². The molecule has 0 spiro atoms. The van der Waals surface area contributed by atoms with Crippen molar-refractivity contribution in [2.24, 2.45) is 0 Å². The topological polar surface area (TPSA) is 75.7 Å². The van der Waals surface area contributed by atoms with Crippen molar-refractivity contribution in [2.75, 3.05) is 18.5 Å². The molecule has 0 aliphatic carbocycles. The van der Waals surface area contributed by atoms with Crippen LogP contribution < -0.4 is 10.1 Å². The number of fused-ring (bicyclic) bond motifs is 1. The molecule has 0 aliphatic rings. The maximum atomic E-state index is 12.1. The van der Waals surface area contributed by atoms with Crippen LogP contribution in [0, 0.1) is 0 Å². The standard InChI is InChI=1S/C9H10F3N5O/c1-2-13-8-16-6-5(14-4-15-6)7(17-8)18-3-9(10,11)12/h4H,2-3H2,1H3,(H2,13,14,15,16,17). The smallest absolute Gasteiger partial charge is 0.422 e. The summed E-state index contributed by atoms with van der Waals surface area (Å²) in [6.07, 6.45) is -3.11. The summed E-state index contributed by atoms with van der Waals surface area (Å²) in [6, 6.07) is 0. The molecule has 6 nitrogen and oxygen atoms in total. The van der Waals surface area contributed by atoms with Crippen molar-refractivity contribution in [1.82, 2.24) is 19.9 Å². The molecule has 0 unspecified atom stereocenters. The monoisotopic (exact) mass is 261 g/mol. The van der Waals surface area contributed by atoms with Gasteiger partial charge in [0.15, 0.2) is 12.3 Å². The molecular formula is C9H10F3N5O. The molecule has 0 radical (unpaired) electrons. The lowest BCUT2D eigenvalue weighted by Gasteiger charge is -2.09. The number of anilines is 1. The predicted molar refractivity (Wildman–Crippen MR) is 57.4 cm³/mol. The summed E-state index contributed by atoms with van der Waals surface area (Å²) in [5, 5.41) is 2.79. The second-order valence-corrected chi connectivity index (χ2v) is 3.39. The van der Waals surface area contributed by atoms with Gasteiger partial charge in [0.1, 0.15) is 5.52 Å². The Hall–Kier alpha value is -2.06. The van der Waals surface area contributed by atoms with Crippen LogP contribution in [0.1, 0.15) is 6.92 Å². The van der Waals surface area contributed by atoms with Gasteiger partial charge < -0.3 is 15.0 Å². The van der Waals surface area contributed by atoms with Gasteiger partial charge in [-0.25, -0.2) is 4.98 Å². The summed E-state index contributed by atoms with van der Waals surface area (Å²) in [4.78, 5) is 14.4. The van der Waals surface area contributed by atoms with Crippen LogP contribution in [0.2, 0.25) is 0 Å². The Balaban J connectivity index is 2.31. The van der Waals surface area contributed by atoms with E-state index in [0.29, 0.717) is 6.54 Å². The molecule has 2 aromatic heterocycles. The molecule has 0 fully saturated rings. The lowest BCUT2D eigenvalue weighted by Crippen LogP contribution is -2.20.